The van der Waals surface area contributed by atoms with Gasteiger partial charge in [-0.3, -0.25) is 29.0 Å². The first kappa shape index (κ1) is 54.4. The van der Waals surface area contributed by atoms with Crippen molar-refractivity contribution >= 4 is 99.5 Å². The van der Waals surface area contributed by atoms with E-state index in [1.54, 1.807) is 66.1 Å². The highest BCUT2D eigenvalue weighted by molar-refractivity contribution is 7.23. The lowest BCUT2D eigenvalue weighted by Crippen LogP contribution is -2.35. The Bertz CT molecular complexity index is 2730. The van der Waals surface area contributed by atoms with Crippen LogP contribution in [0.1, 0.15) is 96.5 Å². The summed E-state index contributed by atoms with van der Waals surface area (Å²) in [5, 5.41) is 12.9. The molecule has 8 rings (SSSR count). The minimum absolute atomic E-state index is 0.0444. The quantitative estimate of drug-likeness (QED) is 0.0489. The van der Waals surface area contributed by atoms with Gasteiger partial charge in [0.2, 0.25) is 11.8 Å². The van der Waals surface area contributed by atoms with Gasteiger partial charge < -0.3 is 31.2 Å². The fourth-order valence-corrected chi connectivity index (χ4v) is 12.6. The molecule has 0 unspecified atom stereocenters. The smallest absolute Gasteiger partial charge is 0.320 e. The predicted octanol–water partition coefficient (Wildman–Crippen LogP) is 10.3. The van der Waals surface area contributed by atoms with Crippen molar-refractivity contribution in [3.8, 4) is 21.1 Å². The number of amides is 2. The molecule has 6 heterocycles. The van der Waals surface area contributed by atoms with Crippen LogP contribution in [-0.4, -0.2) is 99.5 Å². The number of nitrogens with two attached hydrogens (primary N) is 1. The summed E-state index contributed by atoms with van der Waals surface area (Å²) in [4.78, 5) is 64.5. The SMILES string of the molecule is C=CC(=O)Nc1sc2c(c1-c1nc3ccccc3s1)CCN(C(C)C)C2.CC(C)(C)OC(=O)CN.CC(C)N1CCc2c(sc(NC(=O)CCNCC(=O)OC(C)(C)C)c2-c2nc3ccccc3s2)C1. The van der Waals surface area contributed by atoms with Crippen LogP contribution in [0.3, 0.4) is 0 Å². The van der Waals surface area contributed by atoms with Crippen molar-refractivity contribution in [2.24, 2.45) is 5.73 Å². The molecule has 18 heteroatoms. The van der Waals surface area contributed by atoms with Gasteiger partial charge in [-0.2, -0.15) is 0 Å². The minimum atomic E-state index is -0.517. The Labute approximate surface area is 428 Å². The second kappa shape index (κ2) is 24.0. The van der Waals surface area contributed by atoms with Crippen LogP contribution < -0.4 is 21.7 Å². The van der Waals surface area contributed by atoms with Gasteiger partial charge in [0.25, 0.3) is 0 Å². The Morgan fingerprint density at radius 1 is 0.714 bits per heavy atom. The second-order valence-corrected chi connectivity index (χ2v) is 23.8. The zero-order valence-corrected chi connectivity index (χ0v) is 45.3. The van der Waals surface area contributed by atoms with Gasteiger partial charge in [-0.1, -0.05) is 30.8 Å². The maximum atomic E-state index is 12.8. The Morgan fingerprint density at radius 2 is 1.17 bits per heavy atom. The van der Waals surface area contributed by atoms with Crippen molar-refractivity contribution in [3.63, 3.8) is 0 Å². The number of esters is 2. The van der Waals surface area contributed by atoms with Crippen LogP contribution >= 0.6 is 45.3 Å². The molecule has 0 spiro atoms. The number of hydrogen-bond donors (Lipinski definition) is 4. The zero-order chi connectivity index (χ0) is 50.9. The third-order valence-corrected chi connectivity index (χ3v) is 15.5. The maximum Gasteiger partial charge on any atom is 0.320 e. The number of aromatic nitrogens is 2. The van der Waals surface area contributed by atoms with Gasteiger partial charge in [0.1, 0.15) is 31.2 Å². The molecular weight excluding hydrogens is 961 g/mol. The zero-order valence-electron chi connectivity index (χ0n) is 42.1. The molecule has 0 saturated heterocycles. The van der Waals surface area contributed by atoms with Crippen molar-refractivity contribution in [2.45, 2.75) is 125 Å². The molecule has 2 amide bonds. The summed E-state index contributed by atoms with van der Waals surface area (Å²) in [6, 6.07) is 17.3. The monoisotopic (exact) mass is 1030 g/mol. The summed E-state index contributed by atoms with van der Waals surface area (Å²) < 4.78 is 12.4. The average Bonchev–Trinajstić information content (AvgIpc) is 4.08. The molecule has 0 saturated carbocycles. The molecule has 0 atom stereocenters. The van der Waals surface area contributed by atoms with Crippen molar-refractivity contribution in [2.75, 3.05) is 43.4 Å². The van der Waals surface area contributed by atoms with Gasteiger partial charge in [-0.05, 0) is 124 Å². The van der Waals surface area contributed by atoms with Crippen molar-refractivity contribution < 1.29 is 28.7 Å². The summed E-state index contributed by atoms with van der Waals surface area (Å²) in [6.07, 6.45) is 3.52. The first-order valence-corrected chi connectivity index (χ1v) is 27.0. The molecular formula is C52H68N8O6S4. The van der Waals surface area contributed by atoms with E-state index in [-0.39, 0.29) is 43.3 Å². The van der Waals surface area contributed by atoms with Crippen molar-refractivity contribution in [1.29, 1.82) is 0 Å². The summed E-state index contributed by atoms with van der Waals surface area (Å²) in [5.74, 6) is -0.936. The van der Waals surface area contributed by atoms with Gasteiger partial charge in [0.15, 0.2) is 0 Å². The molecule has 5 N–H and O–H groups in total. The summed E-state index contributed by atoms with van der Waals surface area (Å²) >= 11 is 6.70. The fraction of sp³-hybridized carbons (Fsp3) is 0.462. The number of benzene rings is 2. The van der Waals surface area contributed by atoms with E-state index in [0.717, 1.165) is 85.9 Å². The van der Waals surface area contributed by atoms with E-state index < -0.39 is 11.2 Å². The molecule has 70 heavy (non-hydrogen) atoms. The highest BCUT2D eigenvalue weighted by Gasteiger charge is 2.30. The van der Waals surface area contributed by atoms with Crippen LogP contribution in [0.25, 0.3) is 41.6 Å². The molecule has 14 nitrogen and oxygen atoms in total. The van der Waals surface area contributed by atoms with Crippen LogP contribution in [0.2, 0.25) is 0 Å². The minimum Gasteiger partial charge on any atom is -0.459 e. The Hall–Kier alpha value is -4.92. The molecule has 2 aliphatic rings. The maximum absolute atomic E-state index is 12.8. The number of rotatable bonds is 13. The van der Waals surface area contributed by atoms with E-state index in [1.165, 1.54) is 31.7 Å². The number of carbonyl (C=O) groups is 4. The topological polar surface area (TPSA) is 181 Å². The van der Waals surface area contributed by atoms with Crippen LogP contribution in [0.15, 0.2) is 61.2 Å². The van der Waals surface area contributed by atoms with Gasteiger partial charge >= 0.3 is 11.9 Å². The van der Waals surface area contributed by atoms with Crippen molar-refractivity contribution in [3.05, 3.63) is 82.1 Å². The summed E-state index contributed by atoms with van der Waals surface area (Å²) in [5.41, 5.74) is 10.9. The van der Waals surface area contributed by atoms with Crippen LogP contribution in [0.5, 0.6) is 0 Å². The number of hydrogen-bond acceptors (Lipinski definition) is 16. The first-order chi connectivity index (χ1) is 33.1. The van der Waals surface area contributed by atoms with E-state index in [2.05, 4.69) is 72.2 Å². The molecule has 4 aromatic heterocycles. The van der Waals surface area contributed by atoms with E-state index >= 15 is 0 Å². The lowest BCUT2D eigenvalue weighted by atomic mass is 10.0. The molecule has 2 aliphatic heterocycles. The molecule has 0 bridgehead atoms. The van der Waals surface area contributed by atoms with E-state index in [4.69, 9.17) is 25.2 Å². The second-order valence-electron chi connectivity index (χ2n) is 19.6. The number of nitrogens with one attached hydrogen (secondary N) is 3. The molecule has 0 aliphatic carbocycles. The lowest BCUT2D eigenvalue weighted by Gasteiger charge is -2.30. The van der Waals surface area contributed by atoms with Gasteiger partial charge in [0, 0.05) is 72.1 Å². The number of para-hydroxylation sites is 2. The van der Waals surface area contributed by atoms with E-state index in [1.807, 2.05) is 57.2 Å². The molecule has 6 aromatic rings. The van der Waals surface area contributed by atoms with E-state index in [9.17, 15) is 19.2 Å². The fourth-order valence-electron chi connectivity index (χ4n) is 7.82. The Balaban J connectivity index is 0.000000201. The van der Waals surface area contributed by atoms with Gasteiger partial charge in [-0.25, -0.2) is 9.97 Å². The lowest BCUT2D eigenvalue weighted by molar-refractivity contribution is -0.154. The molecule has 0 radical (unpaired) electrons. The summed E-state index contributed by atoms with van der Waals surface area (Å²) in [7, 11) is 0. The molecule has 0 fully saturated rings. The average molecular weight is 1030 g/mol. The standard InChI is InChI=1S/C26H34N4O3S2.C20H21N3OS2.C6H13NO2/c1-16(2)30-13-11-17-20(15-30)35-25(23(17)24-28-18-8-6-7-9-19(18)34-24)29-21(31)10-12-27-14-22(32)33-26(3,4)5;1-4-17(24)22-20-18(19-21-14-7-5-6-8-15(14)25-19)13-9-10-23(12(2)3)11-16(13)26-20;1-6(2,3)9-5(8)4-7/h6-9,16,27H,10-15H2,1-5H3,(H,29,31);4-8,12H,1,9-11H2,2-3H3,(H,22,24);4,7H2,1-3H3. The predicted molar refractivity (Wildman–Crippen MR) is 290 cm³/mol. The van der Waals surface area contributed by atoms with Crippen molar-refractivity contribution in [1.82, 2.24) is 25.1 Å². The van der Waals surface area contributed by atoms with Gasteiger partial charge in [-0.15, -0.1) is 45.3 Å². The first-order valence-electron chi connectivity index (χ1n) is 23.7. The molecule has 376 valence electrons. The highest BCUT2D eigenvalue weighted by Crippen LogP contribution is 2.47. The number of nitrogens with zero attached hydrogens (tertiary/aromatic N) is 4. The van der Waals surface area contributed by atoms with Crippen LogP contribution in [0.4, 0.5) is 10.0 Å². The number of ether oxygens (including phenoxy) is 2. The highest BCUT2D eigenvalue weighted by atomic mass is 32.1. The number of thiophene rings is 2. The Morgan fingerprint density at radius 3 is 1.59 bits per heavy atom. The third kappa shape index (κ3) is 14.8. The van der Waals surface area contributed by atoms with E-state index in [0.29, 0.717) is 18.6 Å². The normalized spacial score (nSPS) is 14.0. The Kier molecular flexibility index (Phi) is 18.7. The number of fused-ring (bicyclic) bond motifs is 4. The third-order valence-electron chi connectivity index (χ3n) is 11.1. The molecule has 2 aromatic carbocycles. The summed E-state index contributed by atoms with van der Waals surface area (Å²) in [6.45, 7) is 27.7. The number of anilines is 2. The number of thiazole rings is 2. The number of carbonyl (C=O) groups excluding carboxylic acids is 4. The van der Waals surface area contributed by atoms with Crippen LogP contribution in [-0.2, 0) is 54.6 Å². The van der Waals surface area contributed by atoms with Crippen LogP contribution in [0, 0.1) is 0 Å². The largest absolute Gasteiger partial charge is 0.459 e. The van der Waals surface area contributed by atoms with Gasteiger partial charge in [0.05, 0.1) is 33.5 Å².